The quantitative estimate of drug-likeness (QED) is 0.637. The van der Waals surface area contributed by atoms with Crippen molar-refractivity contribution in [2.75, 3.05) is 13.6 Å². The molecule has 1 aliphatic rings. The summed E-state index contributed by atoms with van der Waals surface area (Å²) in [4.78, 5) is 0. The van der Waals surface area contributed by atoms with Crippen LogP contribution in [0.5, 0.6) is 0 Å². The molecule has 0 amide bonds. The zero-order chi connectivity index (χ0) is 10.1. The van der Waals surface area contributed by atoms with Crippen molar-refractivity contribution in [3.8, 4) is 0 Å². The van der Waals surface area contributed by atoms with Crippen LogP contribution in [0.1, 0.15) is 19.8 Å². The molecule has 5 nitrogen and oxygen atoms in total. The second-order valence-electron chi connectivity index (χ2n) is 3.47. The van der Waals surface area contributed by atoms with Crippen molar-refractivity contribution >= 4 is 10.2 Å². The zero-order valence-electron chi connectivity index (χ0n) is 8.03. The molecular weight excluding hydrogens is 190 g/mol. The Morgan fingerprint density at radius 1 is 1.54 bits per heavy atom. The van der Waals surface area contributed by atoms with Gasteiger partial charge in [-0.3, -0.25) is 0 Å². The van der Waals surface area contributed by atoms with E-state index in [4.69, 9.17) is 5.73 Å². The third-order valence-electron chi connectivity index (χ3n) is 2.35. The summed E-state index contributed by atoms with van der Waals surface area (Å²) < 4.78 is 26.8. The number of hydrogen-bond donors (Lipinski definition) is 2. The van der Waals surface area contributed by atoms with Crippen molar-refractivity contribution in [2.24, 2.45) is 5.73 Å². The van der Waals surface area contributed by atoms with E-state index in [9.17, 15) is 8.42 Å². The molecule has 0 radical (unpaired) electrons. The molecule has 6 heteroatoms. The van der Waals surface area contributed by atoms with Gasteiger partial charge in [0.15, 0.2) is 0 Å². The lowest BCUT2D eigenvalue weighted by Gasteiger charge is -2.33. The van der Waals surface area contributed by atoms with Gasteiger partial charge in [-0.1, -0.05) is 6.92 Å². The maximum atomic E-state index is 11.4. The van der Waals surface area contributed by atoms with Crippen molar-refractivity contribution in [1.29, 1.82) is 0 Å². The Bertz CT molecular complexity index is 259. The molecule has 1 rings (SSSR count). The SMILES string of the molecule is CCN(C)S(=O)(=O)NC1CC(N)C1. The molecule has 0 spiro atoms. The number of nitrogens with zero attached hydrogens (tertiary/aromatic N) is 1. The molecule has 0 heterocycles. The van der Waals surface area contributed by atoms with Crippen molar-refractivity contribution in [2.45, 2.75) is 31.8 Å². The van der Waals surface area contributed by atoms with Gasteiger partial charge in [0.2, 0.25) is 0 Å². The van der Waals surface area contributed by atoms with E-state index >= 15 is 0 Å². The molecular formula is C7H17N3O2S. The van der Waals surface area contributed by atoms with Crippen molar-refractivity contribution in [3.63, 3.8) is 0 Å². The van der Waals surface area contributed by atoms with Crippen LogP contribution in [0, 0.1) is 0 Å². The smallest absolute Gasteiger partial charge is 0.279 e. The minimum atomic E-state index is -3.27. The lowest BCUT2D eigenvalue weighted by Crippen LogP contribution is -2.53. The van der Waals surface area contributed by atoms with Gasteiger partial charge in [0.25, 0.3) is 10.2 Å². The normalized spacial score (nSPS) is 28.9. The molecule has 78 valence electrons. The summed E-state index contributed by atoms with van der Waals surface area (Å²) in [6.07, 6.45) is 1.49. The van der Waals surface area contributed by atoms with Crippen LogP contribution in [0.4, 0.5) is 0 Å². The van der Waals surface area contributed by atoms with Gasteiger partial charge in [0.05, 0.1) is 0 Å². The Morgan fingerprint density at radius 3 is 2.46 bits per heavy atom. The Morgan fingerprint density at radius 2 is 2.08 bits per heavy atom. The van der Waals surface area contributed by atoms with E-state index in [1.165, 1.54) is 4.31 Å². The summed E-state index contributed by atoms with van der Waals surface area (Å²) >= 11 is 0. The summed E-state index contributed by atoms with van der Waals surface area (Å²) in [6.45, 7) is 2.28. The first kappa shape index (κ1) is 10.9. The lowest BCUT2D eigenvalue weighted by molar-refractivity contribution is 0.319. The fourth-order valence-corrected chi connectivity index (χ4v) is 2.36. The first-order valence-corrected chi connectivity index (χ1v) is 5.89. The lowest BCUT2D eigenvalue weighted by atomic mass is 9.89. The molecule has 13 heavy (non-hydrogen) atoms. The molecule has 1 saturated carbocycles. The maximum Gasteiger partial charge on any atom is 0.279 e. The largest absolute Gasteiger partial charge is 0.328 e. The van der Waals surface area contributed by atoms with Crippen LogP contribution in [-0.2, 0) is 10.2 Å². The molecule has 0 bridgehead atoms. The molecule has 0 atom stereocenters. The highest BCUT2D eigenvalue weighted by Gasteiger charge is 2.30. The Labute approximate surface area is 79.5 Å². The molecule has 0 unspecified atom stereocenters. The van der Waals surface area contributed by atoms with Crippen molar-refractivity contribution < 1.29 is 8.42 Å². The summed E-state index contributed by atoms with van der Waals surface area (Å²) in [5.74, 6) is 0. The summed E-state index contributed by atoms with van der Waals surface area (Å²) in [6, 6.07) is 0.202. The first-order chi connectivity index (χ1) is 5.95. The predicted octanol–water partition coefficient (Wildman–Crippen LogP) is -0.738. The number of nitrogens with one attached hydrogen (secondary N) is 1. The van der Waals surface area contributed by atoms with Gasteiger partial charge in [0, 0.05) is 25.7 Å². The van der Waals surface area contributed by atoms with Gasteiger partial charge in [0.1, 0.15) is 0 Å². The number of hydrogen-bond acceptors (Lipinski definition) is 3. The van der Waals surface area contributed by atoms with Gasteiger partial charge < -0.3 is 5.73 Å². The highest BCUT2D eigenvalue weighted by Crippen LogP contribution is 2.18. The monoisotopic (exact) mass is 207 g/mol. The van der Waals surface area contributed by atoms with Crippen LogP contribution in [0.25, 0.3) is 0 Å². The minimum absolute atomic E-state index is 0.0361. The van der Waals surface area contributed by atoms with Gasteiger partial charge >= 0.3 is 0 Å². The molecule has 0 aromatic carbocycles. The van der Waals surface area contributed by atoms with Crippen LogP contribution in [0.2, 0.25) is 0 Å². The highest BCUT2D eigenvalue weighted by molar-refractivity contribution is 7.87. The van der Waals surface area contributed by atoms with E-state index in [1.807, 2.05) is 0 Å². The number of nitrogens with two attached hydrogens (primary N) is 1. The van der Waals surface area contributed by atoms with Crippen molar-refractivity contribution in [3.05, 3.63) is 0 Å². The van der Waals surface area contributed by atoms with E-state index in [1.54, 1.807) is 14.0 Å². The standard InChI is InChI=1S/C7H17N3O2S/c1-3-10(2)13(11,12)9-7-4-6(8)5-7/h6-7,9H,3-5,8H2,1-2H3. The molecule has 1 aliphatic carbocycles. The second kappa shape index (κ2) is 3.91. The topological polar surface area (TPSA) is 75.4 Å². The van der Waals surface area contributed by atoms with E-state index in [2.05, 4.69) is 4.72 Å². The van der Waals surface area contributed by atoms with Gasteiger partial charge in [-0.05, 0) is 12.8 Å². The van der Waals surface area contributed by atoms with Gasteiger partial charge in [-0.15, -0.1) is 0 Å². The third kappa shape index (κ3) is 2.63. The molecule has 0 saturated heterocycles. The third-order valence-corrected chi connectivity index (χ3v) is 4.06. The fourth-order valence-electron chi connectivity index (χ4n) is 1.23. The second-order valence-corrected chi connectivity index (χ2v) is 5.27. The zero-order valence-corrected chi connectivity index (χ0v) is 8.84. The van der Waals surface area contributed by atoms with Gasteiger partial charge in [-0.2, -0.15) is 17.4 Å². The van der Waals surface area contributed by atoms with Crippen LogP contribution in [-0.4, -0.2) is 38.4 Å². The Balaban J connectivity index is 2.44. The minimum Gasteiger partial charge on any atom is -0.328 e. The Hall–Kier alpha value is -0.170. The van der Waals surface area contributed by atoms with E-state index in [-0.39, 0.29) is 12.1 Å². The molecule has 0 aromatic rings. The molecule has 0 aromatic heterocycles. The van der Waals surface area contributed by atoms with Crippen LogP contribution in [0.3, 0.4) is 0 Å². The molecule has 0 aliphatic heterocycles. The summed E-state index contributed by atoms with van der Waals surface area (Å²) in [5.41, 5.74) is 5.55. The van der Waals surface area contributed by atoms with E-state index in [0.717, 1.165) is 12.8 Å². The fraction of sp³-hybridized carbons (Fsp3) is 1.00. The van der Waals surface area contributed by atoms with E-state index < -0.39 is 10.2 Å². The van der Waals surface area contributed by atoms with Gasteiger partial charge in [-0.25, -0.2) is 0 Å². The Kier molecular flexibility index (Phi) is 3.28. The highest BCUT2D eigenvalue weighted by atomic mass is 32.2. The number of rotatable bonds is 4. The predicted molar refractivity (Wildman–Crippen MR) is 51.4 cm³/mol. The van der Waals surface area contributed by atoms with Crippen LogP contribution in [0.15, 0.2) is 0 Å². The summed E-state index contributed by atoms with van der Waals surface area (Å²) in [5, 5.41) is 0. The van der Waals surface area contributed by atoms with E-state index in [0.29, 0.717) is 6.54 Å². The maximum absolute atomic E-state index is 11.4. The summed E-state index contributed by atoms with van der Waals surface area (Å²) in [7, 11) is -1.71. The average Bonchev–Trinajstić information content (AvgIpc) is 1.99. The average molecular weight is 207 g/mol. The molecule has 3 N–H and O–H groups in total. The van der Waals surface area contributed by atoms with Crippen LogP contribution < -0.4 is 10.5 Å². The van der Waals surface area contributed by atoms with Crippen LogP contribution >= 0.6 is 0 Å². The molecule has 1 fully saturated rings. The van der Waals surface area contributed by atoms with Crippen molar-refractivity contribution in [1.82, 2.24) is 9.03 Å². The first-order valence-electron chi connectivity index (χ1n) is 4.45.